The van der Waals surface area contributed by atoms with E-state index in [0.29, 0.717) is 70.2 Å². The van der Waals surface area contributed by atoms with Gasteiger partial charge >= 0.3 is 5.97 Å². The number of hydrogen-bond donors (Lipinski definition) is 2. The van der Waals surface area contributed by atoms with Crippen LogP contribution in [-0.4, -0.2) is 37.2 Å². The number of fused-ring (bicyclic) bond motifs is 1. The lowest BCUT2D eigenvalue weighted by molar-refractivity contribution is -0.139. The number of halogens is 3. The molecule has 0 radical (unpaired) electrons. The van der Waals surface area contributed by atoms with Gasteiger partial charge < -0.3 is 24.6 Å². The Morgan fingerprint density at radius 3 is 2.50 bits per heavy atom. The number of nitrogens with one attached hydrogen (secondary N) is 1. The molecule has 0 aromatic heterocycles. The van der Waals surface area contributed by atoms with Gasteiger partial charge in [0.1, 0.15) is 23.0 Å². The molecule has 7 nitrogen and oxygen atoms in total. The number of aliphatic carboxylic acids is 1. The van der Waals surface area contributed by atoms with E-state index in [9.17, 15) is 14.7 Å². The predicted octanol–water partition coefficient (Wildman–Crippen LogP) is 6.37. The smallest absolute Gasteiger partial charge is 0.311 e. The molecule has 1 aliphatic rings. The van der Waals surface area contributed by atoms with Gasteiger partial charge in [0.05, 0.1) is 24.7 Å². The lowest BCUT2D eigenvalue weighted by Crippen LogP contribution is -2.25. The van der Waals surface area contributed by atoms with Gasteiger partial charge in [-0.25, -0.2) is 0 Å². The molecule has 3 aromatic rings. The van der Waals surface area contributed by atoms with Crippen LogP contribution in [0.5, 0.6) is 23.0 Å². The summed E-state index contributed by atoms with van der Waals surface area (Å²) in [7, 11) is 1.53. The first-order valence-corrected chi connectivity index (χ1v) is 12.2. The molecule has 36 heavy (non-hydrogen) atoms. The van der Waals surface area contributed by atoms with Gasteiger partial charge in [0, 0.05) is 39.3 Å². The molecule has 10 heteroatoms. The molecular weight excluding hydrogens is 529 g/mol. The van der Waals surface area contributed by atoms with Crippen LogP contribution in [0.15, 0.2) is 48.5 Å². The molecule has 4 rings (SSSR count). The third-order valence-corrected chi connectivity index (χ3v) is 6.60. The maximum absolute atomic E-state index is 12.6. The van der Waals surface area contributed by atoms with Crippen molar-refractivity contribution in [3.8, 4) is 23.0 Å². The number of hydrogen-bond acceptors (Lipinski definition) is 5. The average Bonchev–Trinajstić information content (AvgIpc) is 2.85. The van der Waals surface area contributed by atoms with Crippen LogP contribution < -0.4 is 19.5 Å². The maximum atomic E-state index is 12.6. The van der Waals surface area contributed by atoms with Gasteiger partial charge in [-0.1, -0.05) is 34.8 Å². The summed E-state index contributed by atoms with van der Waals surface area (Å²) in [6.07, 6.45) is 0.844. The Morgan fingerprint density at radius 1 is 1.06 bits per heavy atom. The number of carbonyl (C=O) groups excluding carboxylic acids is 1. The minimum Gasteiger partial charge on any atom is -0.496 e. The van der Waals surface area contributed by atoms with E-state index in [0.717, 1.165) is 5.56 Å². The fourth-order valence-corrected chi connectivity index (χ4v) is 4.71. The highest BCUT2D eigenvalue weighted by atomic mass is 35.5. The Labute approximate surface area is 222 Å². The Kier molecular flexibility index (Phi) is 8.14. The summed E-state index contributed by atoms with van der Waals surface area (Å²) in [6, 6.07) is 13.0. The summed E-state index contributed by atoms with van der Waals surface area (Å²) in [5, 5.41) is 13.5. The zero-order chi connectivity index (χ0) is 25.8. The Balaban J connectivity index is 1.39. The van der Waals surface area contributed by atoms with Crippen molar-refractivity contribution in [3.63, 3.8) is 0 Å². The van der Waals surface area contributed by atoms with Crippen molar-refractivity contribution in [3.05, 3.63) is 80.3 Å². The second-order valence-corrected chi connectivity index (χ2v) is 9.30. The largest absolute Gasteiger partial charge is 0.496 e. The first kappa shape index (κ1) is 25.9. The van der Waals surface area contributed by atoms with E-state index in [2.05, 4.69) is 5.32 Å². The average molecular weight is 551 g/mol. The normalized spacial score (nSPS) is 14.4. The minimum atomic E-state index is -0.923. The van der Waals surface area contributed by atoms with Crippen molar-refractivity contribution in [2.24, 2.45) is 0 Å². The van der Waals surface area contributed by atoms with Crippen LogP contribution in [0.2, 0.25) is 15.1 Å². The topological polar surface area (TPSA) is 94.1 Å². The summed E-state index contributed by atoms with van der Waals surface area (Å²) in [6.45, 7) is 0.642. The van der Waals surface area contributed by atoms with Crippen molar-refractivity contribution in [1.29, 1.82) is 0 Å². The molecule has 0 aliphatic carbocycles. The molecule has 1 atom stereocenters. The van der Waals surface area contributed by atoms with Crippen LogP contribution in [-0.2, 0) is 11.2 Å². The molecule has 1 heterocycles. The predicted molar refractivity (Wildman–Crippen MR) is 138 cm³/mol. The van der Waals surface area contributed by atoms with Crippen LogP contribution in [0.25, 0.3) is 0 Å². The first-order valence-electron chi connectivity index (χ1n) is 11.0. The molecule has 0 saturated heterocycles. The van der Waals surface area contributed by atoms with Crippen molar-refractivity contribution in [2.45, 2.75) is 18.8 Å². The van der Waals surface area contributed by atoms with Crippen LogP contribution in [0.4, 0.5) is 0 Å². The number of methoxy groups -OCH3 is 1. The second kappa shape index (κ2) is 11.3. The lowest BCUT2D eigenvalue weighted by atomic mass is 9.93. The van der Waals surface area contributed by atoms with Crippen molar-refractivity contribution < 1.29 is 28.9 Å². The Morgan fingerprint density at radius 2 is 1.81 bits per heavy atom. The quantitative estimate of drug-likeness (QED) is 0.338. The summed E-state index contributed by atoms with van der Waals surface area (Å²) in [4.78, 5) is 24.1. The fourth-order valence-electron chi connectivity index (χ4n) is 3.93. The van der Waals surface area contributed by atoms with Gasteiger partial charge in [-0.15, -0.1) is 0 Å². The standard InChI is InChI=1S/C26H22Cl3NO6/c1-34-22-11-15(27)10-20(28)18(22)6-8-30-25(31)14-2-4-16(5-3-14)36-24-13-23-19(12-21(24)29)17(26(32)33)7-9-35-23/h2-5,10-13,17H,6-9H2,1H3,(H,30,31)(H,32,33)/t17-/m0/s1. The van der Waals surface area contributed by atoms with E-state index in [1.165, 1.54) is 7.11 Å². The van der Waals surface area contributed by atoms with Gasteiger partial charge in [-0.05, 0) is 55.3 Å². The highest BCUT2D eigenvalue weighted by Crippen LogP contribution is 2.41. The molecule has 0 saturated carbocycles. The number of benzene rings is 3. The third-order valence-electron chi connectivity index (χ3n) is 5.75. The molecule has 0 fully saturated rings. The SMILES string of the molecule is COc1cc(Cl)cc(Cl)c1CCNC(=O)c1ccc(Oc2cc3c(cc2Cl)[C@@H](C(=O)O)CCO3)cc1. The third kappa shape index (κ3) is 5.81. The van der Waals surface area contributed by atoms with E-state index >= 15 is 0 Å². The van der Waals surface area contributed by atoms with Crippen molar-refractivity contribution in [1.82, 2.24) is 5.32 Å². The van der Waals surface area contributed by atoms with Crippen LogP contribution in [0.1, 0.15) is 33.8 Å². The summed E-state index contributed by atoms with van der Waals surface area (Å²) in [5.41, 5.74) is 1.73. The van der Waals surface area contributed by atoms with Crippen molar-refractivity contribution >= 4 is 46.7 Å². The number of ether oxygens (including phenoxy) is 3. The number of carboxylic acids is 1. The van der Waals surface area contributed by atoms with Crippen LogP contribution >= 0.6 is 34.8 Å². The highest BCUT2D eigenvalue weighted by Gasteiger charge is 2.29. The molecular formula is C26H22Cl3NO6. The minimum absolute atomic E-state index is 0.259. The van der Waals surface area contributed by atoms with Gasteiger partial charge in [0.15, 0.2) is 0 Å². The molecule has 188 valence electrons. The zero-order valence-electron chi connectivity index (χ0n) is 19.1. The Bertz CT molecular complexity index is 1300. The summed E-state index contributed by atoms with van der Waals surface area (Å²) < 4.78 is 16.8. The number of carbonyl (C=O) groups is 2. The van der Waals surface area contributed by atoms with Crippen LogP contribution in [0.3, 0.4) is 0 Å². The molecule has 1 aliphatic heterocycles. The maximum Gasteiger partial charge on any atom is 0.311 e. The molecule has 2 N–H and O–H groups in total. The zero-order valence-corrected chi connectivity index (χ0v) is 21.4. The van der Waals surface area contributed by atoms with Gasteiger partial charge in [-0.3, -0.25) is 9.59 Å². The van der Waals surface area contributed by atoms with Gasteiger partial charge in [0.2, 0.25) is 0 Å². The summed E-state index contributed by atoms with van der Waals surface area (Å²) >= 11 is 18.6. The first-order chi connectivity index (χ1) is 17.3. The monoisotopic (exact) mass is 549 g/mol. The lowest BCUT2D eigenvalue weighted by Gasteiger charge is -2.24. The van der Waals surface area contributed by atoms with E-state index in [-0.39, 0.29) is 10.9 Å². The summed E-state index contributed by atoms with van der Waals surface area (Å²) in [5.74, 6) is -0.0763. The van der Waals surface area contributed by atoms with Crippen LogP contribution in [0, 0.1) is 0 Å². The van der Waals surface area contributed by atoms with Gasteiger partial charge in [0.25, 0.3) is 5.91 Å². The molecule has 0 bridgehead atoms. The Hall–Kier alpha value is -3.13. The number of amides is 1. The fraction of sp³-hybridized carbons (Fsp3) is 0.231. The van der Waals surface area contributed by atoms with E-state index in [1.807, 2.05) is 0 Å². The highest BCUT2D eigenvalue weighted by molar-refractivity contribution is 6.35. The van der Waals surface area contributed by atoms with E-state index < -0.39 is 11.9 Å². The number of carboxylic acid groups (broad SMARTS) is 1. The van der Waals surface area contributed by atoms with E-state index in [4.69, 9.17) is 49.0 Å². The molecule has 1 amide bonds. The second-order valence-electron chi connectivity index (χ2n) is 8.05. The molecule has 3 aromatic carbocycles. The molecule has 0 unspecified atom stereocenters. The molecule has 0 spiro atoms. The van der Waals surface area contributed by atoms with Crippen molar-refractivity contribution in [2.75, 3.05) is 20.3 Å². The van der Waals surface area contributed by atoms with Gasteiger partial charge in [-0.2, -0.15) is 0 Å². The number of rotatable bonds is 8. The van der Waals surface area contributed by atoms with E-state index in [1.54, 1.807) is 48.5 Å².